The summed E-state index contributed by atoms with van der Waals surface area (Å²) < 4.78 is 26.3. The predicted octanol–water partition coefficient (Wildman–Crippen LogP) is 2.81. The molecule has 0 bridgehead atoms. The quantitative estimate of drug-likeness (QED) is 0.863. The largest absolute Gasteiger partial charge is 0.383 e. The number of benzene rings is 2. The lowest BCUT2D eigenvalue weighted by Crippen LogP contribution is -2.21. The van der Waals surface area contributed by atoms with Gasteiger partial charge in [-0.1, -0.05) is 49.4 Å². The van der Waals surface area contributed by atoms with E-state index >= 15 is 0 Å². The zero-order valence-corrected chi connectivity index (χ0v) is 13.0. The van der Waals surface area contributed by atoms with Gasteiger partial charge in [-0.3, -0.25) is 0 Å². The standard InChI is InChI=1S/C16H20N2O2S/c1-13(14-8-4-3-5-9-14)12-18-15-10-6-7-11-16(15)21(19,20)17-2/h3-11,13,17-18H,12H2,1-2H3. The van der Waals surface area contributed by atoms with E-state index in [1.165, 1.54) is 12.6 Å². The maximum absolute atomic E-state index is 12.0. The molecule has 21 heavy (non-hydrogen) atoms. The van der Waals surface area contributed by atoms with Gasteiger partial charge in [0, 0.05) is 6.54 Å². The highest BCUT2D eigenvalue weighted by molar-refractivity contribution is 7.89. The molecule has 4 nitrogen and oxygen atoms in total. The first kappa shape index (κ1) is 15.5. The number of hydrogen-bond acceptors (Lipinski definition) is 3. The van der Waals surface area contributed by atoms with Gasteiger partial charge in [0.25, 0.3) is 0 Å². The van der Waals surface area contributed by atoms with Crippen LogP contribution in [0.3, 0.4) is 0 Å². The highest BCUT2D eigenvalue weighted by Crippen LogP contribution is 2.22. The first-order valence-electron chi connectivity index (χ1n) is 6.86. The Labute approximate surface area is 126 Å². The second-order valence-corrected chi connectivity index (χ2v) is 6.75. The molecule has 0 aromatic heterocycles. The van der Waals surface area contributed by atoms with Crippen molar-refractivity contribution in [3.05, 3.63) is 60.2 Å². The Balaban J connectivity index is 2.14. The molecule has 0 saturated heterocycles. The molecule has 0 amide bonds. The van der Waals surface area contributed by atoms with Gasteiger partial charge in [-0.15, -0.1) is 0 Å². The highest BCUT2D eigenvalue weighted by atomic mass is 32.2. The third-order valence-corrected chi connectivity index (χ3v) is 4.89. The summed E-state index contributed by atoms with van der Waals surface area (Å²) in [4.78, 5) is 0.271. The van der Waals surface area contributed by atoms with Crippen LogP contribution < -0.4 is 10.0 Å². The van der Waals surface area contributed by atoms with Crippen molar-refractivity contribution in [3.8, 4) is 0 Å². The molecule has 2 aromatic carbocycles. The summed E-state index contributed by atoms with van der Waals surface area (Å²) in [5.74, 6) is 0.288. The Morgan fingerprint density at radius 1 is 1.00 bits per heavy atom. The van der Waals surface area contributed by atoms with Gasteiger partial charge in [0.2, 0.25) is 10.0 Å². The molecular weight excluding hydrogens is 284 g/mol. The van der Waals surface area contributed by atoms with E-state index in [0.29, 0.717) is 12.2 Å². The van der Waals surface area contributed by atoms with Crippen molar-refractivity contribution in [2.45, 2.75) is 17.7 Å². The van der Waals surface area contributed by atoms with E-state index in [-0.39, 0.29) is 10.8 Å². The summed E-state index contributed by atoms with van der Waals surface area (Å²) >= 11 is 0. The van der Waals surface area contributed by atoms with Crippen molar-refractivity contribution in [1.82, 2.24) is 4.72 Å². The number of rotatable bonds is 6. The minimum Gasteiger partial charge on any atom is -0.383 e. The van der Waals surface area contributed by atoms with E-state index in [0.717, 1.165) is 0 Å². The Bertz CT molecular complexity index is 684. The highest BCUT2D eigenvalue weighted by Gasteiger charge is 2.16. The molecule has 2 N–H and O–H groups in total. The molecule has 2 aromatic rings. The van der Waals surface area contributed by atoms with Gasteiger partial charge in [-0.05, 0) is 30.7 Å². The lowest BCUT2D eigenvalue weighted by molar-refractivity contribution is 0.588. The van der Waals surface area contributed by atoms with Gasteiger partial charge in [0.1, 0.15) is 4.90 Å². The average molecular weight is 304 g/mol. The van der Waals surface area contributed by atoms with Crippen LogP contribution >= 0.6 is 0 Å². The van der Waals surface area contributed by atoms with Crippen molar-refractivity contribution < 1.29 is 8.42 Å². The summed E-state index contributed by atoms with van der Waals surface area (Å²) in [5, 5.41) is 3.23. The van der Waals surface area contributed by atoms with Gasteiger partial charge >= 0.3 is 0 Å². The third-order valence-electron chi connectivity index (χ3n) is 3.41. The fourth-order valence-corrected chi connectivity index (χ4v) is 3.03. The number of nitrogens with one attached hydrogen (secondary N) is 2. The van der Waals surface area contributed by atoms with Gasteiger partial charge in [-0.25, -0.2) is 13.1 Å². The number of para-hydroxylation sites is 1. The zero-order chi connectivity index (χ0) is 15.3. The minimum absolute atomic E-state index is 0.271. The molecule has 5 heteroatoms. The fourth-order valence-electron chi connectivity index (χ4n) is 2.12. The average Bonchev–Trinajstić information content (AvgIpc) is 2.53. The number of anilines is 1. The molecule has 0 radical (unpaired) electrons. The van der Waals surface area contributed by atoms with Crippen LogP contribution in [0.5, 0.6) is 0 Å². The Kier molecular flexibility index (Phi) is 4.98. The number of hydrogen-bond donors (Lipinski definition) is 2. The molecular formula is C16H20N2O2S. The van der Waals surface area contributed by atoms with E-state index in [2.05, 4.69) is 29.1 Å². The molecule has 0 aliphatic heterocycles. The van der Waals surface area contributed by atoms with Crippen LogP contribution in [-0.4, -0.2) is 22.0 Å². The van der Waals surface area contributed by atoms with Crippen molar-refractivity contribution in [3.63, 3.8) is 0 Å². The van der Waals surface area contributed by atoms with Crippen molar-refractivity contribution >= 4 is 15.7 Å². The van der Waals surface area contributed by atoms with Gasteiger partial charge in [-0.2, -0.15) is 0 Å². The fraction of sp³-hybridized carbons (Fsp3) is 0.250. The van der Waals surface area contributed by atoms with Gasteiger partial charge in [0.05, 0.1) is 5.69 Å². The first-order chi connectivity index (χ1) is 10.0. The summed E-state index contributed by atoms with van der Waals surface area (Å²) in [6, 6.07) is 17.1. The normalized spacial score (nSPS) is 12.9. The summed E-state index contributed by atoms with van der Waals surface area (Å²) in [6.45, 7) is 2.78. The zero-order valence-electron chi connectivity index (χ0n) is 12.2. The van der Waals surface area contributed by atoms with E-state index < -0.39 is 10.0 Å². The van der Waals surface area contributed by atoms with Crippen molar-refractivity contribution in [1.29, 1.82) is 0 Å². The van der Waals surface area contributed by atoms with E-state index in [9.17, 15) is 8.42 Å². The smallest absolute Gasteiger partial charge is 0.242 e. The van der Waals surface area contributed by atoms with E-state index in [4.69, 9.17) is 0 Å². The van der Waals surface area contributed by atoms with Gasteiger partial charge < -0.3 is 5.32 Å². The molecule has 0 aliphatic rings. The third kappa shape index (κ3) is 3.83. The molecule has 0 spiro atoms. The lowest BCUT2D eigenvalue weighted by atomic mass is 10.0. The monoisotopic (exact) mass is 304 g/mol. The molecule has 0 aliphatic carbocycles. The molecule has 0 fully saturated rings. The van der Waals surface area contributed by atoms with Crippen LogP contribution in [-0.2, 0) is 10.0 Å². The summed E-state index contributed by atoms with van der Waals surface area (Å²) in [7, 11) is -2.04. The predicted molar refractivity (Wildman–Crippen MR) is 86.0 cm³/mol. The van der Waals surface area contributed by atoms with Crippen LogP contribution in [0.4, 0.5) is 5.69 Å². The van der Waals surface area contributed by atoms with Crippen LogP contribution in [0.15, 0.2) is 59.5 Å². The molecule has 112 valence electrons. The Morgan fingerprint density at radius 2 is 1.62 bits per heavy atom. The van der Waals surface area contributed by atoms with Crippen LogP contribution in [0.25, 0.3) is 0 Å². The SMILES string of the molecule is CNS(=O)(=O)c1ccccc1NCC(C)c1ccccc1. The Morgan fingerprint density at radius 3 is 2.29 bits per heavy atom. The van der Waals surface area contributed by atoms with E-state index in [1.807, 2.05) is 24.3 Å². The van der Waals surface area contributed by atoms with E-state index in [1.54, 1.807) is 18.2 Å². The van der Waals surface area contributed by atoms with Crippen LogP contribution in [0, 0.1) is 0 Å². The summed E-state index contributed by atoms with van der Waals surface area (Å²) in [5.41, 5.74) is 1.84. The van der Waals surface area contributed by atoms with Crippen molar-refractivity contribution in [2.75, 3.05) is 18.9 Å². The first-order valence-corrected chi connectivity index (χ1v) is 8.34. The van der Waals surface area contributed by atoms with Crippen LogP contribution in [0.1, 0.15) is 18.4 Å². The maximum Gasteiger partial charge on any atom is 0.242 e. The lowest BCUT2D eigenvalue weighted by Gasteiger charge is -2.16. The second kappa shape index (κ2) is 6.74. The van der Waals surface area contributed by atoms with Crippen molar-refractivity contribution in [2.24, 2.45) is 0 Å². The molecule has 0 saturated carbocycles. The molecule has 0 heterocycles. The topological polar surface area (TPSA) is 58.2 Å². The summed E-state index contributed by atoms with van der Waals surface area (Å²) in [6.07, 6.45) is 0. The Hall–Kier alpha value is -1.85. The molecule has 2 rings (SSSR count). The second-order valence-electron chi connectivity index (χ2n) is 4.90. The van der Waals surface area contributed by atoms with Crippen LogP contribution in [0.2, 0.25) is 0 Å². The minimum atomic E-state index is -3.45. The van der Waals surface area contributed by atoms with Gasteiger partial charge in [0.15, 0.2) is 0 Å². The number of sulfonamides is 1. The maximum atomic E-state index is 12.0. The molecule has 1 unspecified atom stereocenters. The molecule has 1 atom stereocenters.